The molecule has 1 N–H and O–H groups in total. The minimum absolute atomic E-state index is 0.166. The molecule has 19 heavy (non-hydrogen) atoms. The fourth-order valence-electron chi connectivity index (χ4n) is 1.62. The third-order valence-electron chi connectivity index (χ3n) is 2.60. The van der Waals surface area contributed by atoms with Crippen molar-refractivity contribution in [2.75, 3.05) is 6.61 Å². The van der Waals surface area contributed by atoms with Crippen molar-refractivity contribution in [1.82, 2.24) is 4.98 Å². The van der Waals surface area contributed by atoms with Gasteiger partial charge >= 0.3 is 5.97 Å². The molecule has 6 heteroatoms. The fourth-order valence-corrected chi connectivity index (χ4v) is 2.38. The number of rotatable bonds is 5. The maximum Gasteiger partial charge on any atom is 0.339 e. The van der Waals surface area contributed by atoms with Crippen LogP contribution in [0.1, 0.15) is 20.9 Å². The third kappa shape index (κ3) is 3.29. The minimum Gasteiger partial charge on any atom is -0.492 e. The molecule has 1 heterocycles. The molecule has 0 radical (unpaired) electrons. The number of carboxylic acids is 1. The zero-order valence-corrected chi connectivity index (χ0v) is 11.0. The van der Waals surface area contributed by atoms with E-state index < -0.39 is 11.8 Å². The number of halogens is 1. The highest BCUT2D eigenvalue weighted by Gasteiger charge is 2.12. The second-order valence-corrected chi connectivity index (χ2v) is 4.84. The average Bonchev–Trinajstić information content (AvgIpc) is 2.77. The van der Waals surface area contributed by atoms with Crippen molar-refractivity contribution in [1.29, 1.82) is 0 Å². The van der Waals surface area contributed by atoms with E-state index in [0.717, 1.165) is 16.6 Å². The first kappa shape index (κ1) is 13.5. The number of hydrogen-bond donors (Lipinski definition) is 1. The van der Waals surface area contributed by atoms with Crippen LogP contribution in [0.5, 0.6) is 5.75 Å². The molecule has 2 rings (SSSR count). The molecule has 4 nitrogen and oxygen atoms in total. The highest BCUT2D eigenvalue weighted by Crippen LogP contribution is 2.20. The number of benzene rings is 1. The Balaban J connectivity index is 2.03. The van der Waals surface area contributed by atoms with Crippen LogP contribution in [0.2, 0.25) is 0 Å². The molecular weight excluding hydrogens is 269 g/mol. The number of hydrogen-bond acceptors (Lipinski definition) is 4. The first-order valence-electron chi connectivity index (χ1n) is 5.62. The SMILES string of the molecule is Cc1ncsc1CCOc1ccc(F)cc1C(=O)O. The largest absolute Gasteiger partial charge is 0.492 e. The van der Waals surface area contributed by atoms with Crippen LogP contribution in [-0.2, 0) is 6.42 Å². The smallest absolute Gasteiger partial charge is 0.339 e. The zero-order valence-electron chi connectivity index (χ0n) is 10.2. The molecule has 0 amide bonds. The van der Waals surface area contributed by atoms with Crippen molar-refractivity contribution in [2.24, 2.45) is 0 Å². The van der Waals surface area contributed by atoms with Crippen LogP contribution in [0.15, 0.2) is 23.7 Å². The van der Waals surface area contributed by atoms with Gasteiger partial charge in [-0.15, -0.1) is 11.3 Å². The van der Waals surface area contributed by atoms with Gasteiger partial charge in [0.05, 0.1) is 17.8 Å². The fraction of sp³-hybridized carbons (Fsp3) is 0.231. The van der Waals surface area contributed by atoms with Gasteiger partial charge in [-0.05, 0) is 25.1 Å². The lowest BCUT2D eigenvalue weighted by Crippen LogP contribution is -2.06. The van der Waals surface area contributed by atoms with Gasteiger partial charge in [-0.25, -0.2) is 14.2 Å². The summed E-state index contributed by atoms with van der Waals surface area (Å²) in [5.41, 5.74) is 2.54. The van der Waals surface area contributed by atoms with Crippen LogP contribution in [0.4, 0.5) is 4.39 Å². The van der Waals surface area contributed by atoms with Crippen molar-refractivity contribution < 1.29 is 19.0 Å². The van der Waals surface area contributed by atoms with Gasteiger partial charge in [0.2, 0.25) is 0 Å². The van der Waals surface area contributed by atoms with Gasteiger partial charge in [-0.3, -0.25) is 0 Å². The maximum absolute atomic E-state index is 13.0. The van der Waals surface area contributed by atoms with Gasteiger partial charge in [0, 0.05) is 11.3 Å². The van der Waals surface area contributed by atoms with E-state index in [0.29, 0.717) is 13.0 Å². The van der Waals surface area contributed by atoms with E-state index in [1.165, 1.54) is 23.5 Å². The summed E-state index contributed by atoms with van der Waals surface area (Å²) in [5.74, 6) is -1.62. The lowest BCUT2D eigenvalue weighted by Gasteiger charge is -2.08. The molecular formula is C13H12FNO3S. The molecule has 0 aliphatic carbocycles. The molecule has 0 atom stereocenters. The molecule has 0 fully saturated rings. The summed E-state index contributed by atoms with van der Waals surface area (Å²) < 4.78 is 18.4. The van der Waals surface area contributed by atoms with Gasteiger partial charge in [-0.2, -0.15) is 0 Å². The molecule has 0 bridgehead atoms. The summed E-state index contributed by atoms with van der Waals surface area (Å²) in [6.45, 7) is 2.24. The van der Waals surface area contributed by atoms with E-state index in [-0.39, 0.29) is 11.3 Å². The van der Waals surface area contributed by atoms with E-state index in [4.69, 9.17) is 9.84 Å². The van der Waals surface area contributed by atoms with Crippen molar-refractivity contribution in [3.63, 3.8) is 0 Å². The van der Waals surface area contributed by atoms with Crippen LogP contribution in [0, 0.1) is 12.7 Å². The summed E-state index contributed by atoms with van der Waals surface area (Å²) in [6, 6.07) is 3.47. The average molecular weight is 281 g/mol. The molecule has 0 spiro atoms. The topological polar surface area (TPSA) is 59.4 Å². The monoisotopic (exact) mass is 281 g/mol. The van der Waals surface area contributed by atoms with Crippen molar-refractivity contribution >= 4 is 17.3 Å². The van der Waals surface area contributed by atoms with Crippen LogP contribution in [-0.4, -0.2) is 22.7 Å². The molecule has 2 aromatic rings. The normalized spacial score (nSPS) is 10.4. The molecule has 0 aliphatic heterocycles. The molecule has 0 saturated heterocycles. The zero-order chi connectivity index (χ0) is 13.8. The second-order valence-electron chi connectivity index (χ2n) is 3.91. The molecule has 0 unspecified atom stereocenters. The molecule has 100 valence electrons. The Hall–Kier alpha value is -1.95. The maximum atomic E-state index is 13.0. The summed E-state index contributed by atoms with van der Waals surface area (Å²) in [5, 5.41) is 8.96. The first-order chi connectivity index (χ1) is 9.08. The second kappa shape index (κ2) is 5.79. The number of aryl methyl sites for hydroxylation is 1. The summed E-state index contributed by atoms with van der Waals surface area (Å²) in [6.07, 6.45) is 0.646. The standard InChI is InChI=1S/C13H12FNO3S/c1-8-12(19-7-15-8)4-5-18-11-3-2-9(14)6-10(11)13(16)17/h2-3,6-7H,4-5H2,1H3,(H,16,17). The number of carboxylic acid groups (broad SMARTS) is 1. The van der Waals surface area contributed by atoms with Gasteiger partial charge in [0.1, 0.15) is 17.1 Å². The Morgan fingerprint density at radius 2 is 2.32 bits per heavy atom. The molecule has 0 saturated carbocycles. The molecule has 1 aromatic carbocycles. The Kier molecular flexibility index (Phi) is 4.11. The Bertz CT molecular complexity index is 597. The van der Waals surface area contributed by atoms with E-state index >= 15 is 0 Å². The lowest BCUT2D eigenvalue weighted by atomic mass is 10.2. The number of carbonyl (C=O) groups is 1. The summed E-state index contributed by atoms with van der Waals surface area (Å²) >= 11 is 1.53. The number of nitrogens with zero attached hydrogens (tertiary/aromatic N) is 1. The van der Waals surface area contributed by atoms with Crippen LogP contribution < -0.4 is 4.74 Å². The number of aromatic carboxylic acids is 1. The third-order valence-corrected chi connectivity index (χ3v) is 3.60. The Morgan fingerprint density at radius 3 is 2.95 bits per heavy atom. The van der Waals surface area contributed by atoms with Crippen LogP contribution in [0.3, 0.4) is 0 Å². The van der Waals surface area contributed by atoms with Crippen molar-refractivity contribution in [2.45, 2.75) is 13.3 Å². The molecule has 0 aliphatic rings. The Morgan fingerprint density at radius 1 is 1.53 bits per heavy atom. The highest BCUT2D eigenvalue weighted by molar-refractivity contribution is 7.09. The Labute approximate surface area is 113 Å². The highest BCUT2D eigenvalue weighted by atomic mass is 32.1. The van der Waals surface area contributed by atoms with Crippen LogP contribution >= 0.6 is 11.3 Å². The summed E-state index contributed by atoms with van der Waals surface area (Å²) in [7, 11) is 0. The first-order valence-corrected chi connectivity index (χ1v) is 6.50. The number of aromatic nitrogens is 1. The molecule has 1 aromatic heterocycles. The summed E-state index contributed by atoms with van der Waals surface area (Å²) in [4.78, 5) is 16.2. The van der Waals surface area contributed by atoms with Gasteiger partial charge in [-0.1, -0.05) is 0 Å². The van der Waals surface area contributed by atoms with Gasteiger partial charge < -0.3 is 9.84 Å². The lowest BCUT2D eigenvalue weighted by molar-refractivity contribution is 0.0691. The number of ether oxygens (including phenoxy) is 1. The van der Waals surface area contributed by atoms with Gasteiger partial charge in [0.15, 0.2) is 0 Å². The van der Waals surface area contributed by atoms with Crippen molar-refractivity contribution in [3.05, 3.63) is 45.7 Å². The predicted octanol–water partition coefficient (Wildman–Crippen LogP) is 2.91. The quantitative estimate of drug-likeness (QED) is 0.915. The number of thiazole rings is 1. The van der Waals surface area contributed by atoms with Crippen LogP contribution in [0.25, 0.3) is 0 Å². The van der Waals surface area contributed by atoms with Gasteiger partial charge in [0.25, 0.3) is 0 Å². The van der Waals surface area contributed by atoms with E-state index in [9.17, 15) is 9.18 Å². The predicted molar refractivity (Wildman–Crippen MR) is 69.4 cm³/mol. The minimum atomic E-state index is -1.21. The van der Waals surface area contributed by atoms with E-state index in [2.05, 4.69) is 4.98 Å². The van der Waals surface area contributed by atoms with Crippen molar-refractivity contribution in [3.8, 4) is 5.75 Å². The van der Waals surface area contributed by atoms with E-state index in [1.54, 1.807) is 5.51 Å². The van der Waals surface area contributed by atoms with E-state index in [1.807, 2.05) is 6.92 Å².